The van der Waals surface area contributed by atoms with E-state index in [9.17, 15) is 0 Å². The molecule has 17 heavy (non-hydrogen) atoms. The zero-order chi connectivity index (χ0) is 12.3. The second-order valence-corrected chi connectivity index (χ2v) is 5.23. The summed E-state index contributed by atoms with van der Waals surface area (Å²) in [4.78, 5) is 5.01. The summed E-state index contributed by atoms with van der Waals surface area (Å²) < 4.78 is 0. The molecule has 1 aromatic rings. The van der Waals surface area contributed by atoms with E-state index < -0.39 is 0 Å². The summed E-state index contributed by atoms with van der Waals surface area (Å²) in [6, 6.07) is 6.81. The van der Waals surface area contributed by atoms with Crippen molar-refractivity contribution in [3.8, 4) is 0 Å². The van der Waals surface area contributed by atoms with E-state index in [-0.39, 0.29) is 0 Å². The summed E-state index contributed by atoms with van der Waals surface area (Å²) >= 11 is 3.53. The Bertz CT molecular complexity index is 370. The molecule has 0 saturated carbocycles. The SMILES string of the molecule is CCN1CCN(c2ccc(CBr)c(C)c2)CC1. The van der Waals surface area contributed by atoms with E-state index in [1.54, 1.807) is 0 Å². The van der Waals surface area contributed by atoms with Crippen LogP contribution < -0.4 is 4.90 Å². The van der Waals surface area contributed by atoms with Crippen molar-refractivity contribution in [2.45, 2.75) is 19.2 Å². The molecule has 1 aliphatic heterocycles. The highest BCUT2D eigenvalue weighted by Crippen LogP contribution is 2.21. The second-order valence-electron chi connectivity index (χ2n) is 4.67. The molecule has 94 valence electrons. The van der Waals surface area contributed by atoms with Gasteiger partial charge in [-0.05, 0) is 36.7 Å². The van der Waals surface area contributed by atoms with Gasteiger partial charge in [-0.25, -0.2) is 0 Å². The maximum absolute atomic E-state index is 3.53. The van der Waals surface area contributed by atoms with Gasteiger partial charge in [0.1, 0.15) is 0 Å². The van der Waals surface area contributed by atoms with Crippen LogP contribution in [0.2, 0.25) is 0 Å². The molecule has 3 heteroatoms. The fraction of sp³-hybridized carbons (Fsp3) is 0.571. The first-order valence-electron chi connectivity index (χ1n) is 6.37. The summed E-state index contributed by atoms with van der Waals surface area (Å²) in [5.74, 6) is 0. The third-order valence-corrected chi connectivity index (χ3v) is 4.26. The van der Waals surface area contributed by atoms with Gasteiger partial charge in [-0.3, -0.25) is 0 Å². The van der Waals surface area contributed by atoms with Crippen LogP contribution in [0.4, 0.5) is 5.69 Å². The van der Waals surface area contributed by atoms with E-state index in [1.165, 1.54) is 36.4 Å². The fourth-order valence-corrected chi connectivity index (χ4v) is 2.98. The lowest BCUT2D eigenvalue weighted by Crippen LogP contribution is -2.46. The van der Waals surface area contributed by atoms with Crippen LogP contribution in [0.25, 0.3) is 0 Å². The number of nitrogens with zero attached hydrogens (tertiary/aromatic N) is 2. The number of alkyl halides is 1. The van der Waals surface area contributed by atoms with E-state index >= 15 is 0 Å². The van der Waals surface area contributed by atoms with Gasteiger partial charge in [0.15, 0.2) is 0 Å². The Morgan fingerprint density at radius 1 is 1.18 bits per heavy atom. The van der Waals surface area contributed by atoms with Gasteiger partial charge in [0.2, 0.25) is 0 Å². The Kier molecular flexibility index (Phi) is 4.46. The number of hydrogen-bond donors (Lipinski definition) is 0. The molecule has 1 saturated heterocycles. The van der Waals surface area contributed by atoms with E-state index in [0.29, 0.717) is 0 Å². The van der Waals surface area contributed by atoms with Crippen LogP contribution >= 0.6 is 15.9 Å². The van der Waals surface area contributed by atoms with E-state index in [1.807, 2.05) is 0 Å². The Hall–Kier alpha value is -0.540. The van der Waals surface area contributed by atoms with Crippen LogP contribution in [-0.4, -0.2) is 37.6 Å². The minimum Gasteiger partial charge on any atom is -0.369 e. The summed E-state index contributed by atoms with van der Waals surface area (Å²) in [5, 5.41) is 0.947. The predicted octanol–water partition coefficient (Wildman–Crippen LogP) is 3.03. The van der Waals surface area contributed by atoms with Crippen molar-refractivity contribution < 1.29 is 0 Å². The molecule has 0 bridgehead atoms. The molecular formula is C14H21BrN2. The lowest BCUT2D eigenvalue weighted by Gasteiger charge is -2.35. The smallest absolute Gasteiger partial charge is 0.0369 e. The minimum absolute atomic E-state index is 0.947. The van der Waals surface area contributed by atoms with Crippen LogP contribution in [0.15, 0.2) is 18.2 Å². The maximum atomic E-state index is 3.53. The molecule has 0 N–H and O–H groups in total. The average Bonchev–Trinajstić information content (AvgIpc) is 2.39. The quantitative estimate of drug-likeness (QED) is 0.791. The largest absolute Gasteiger partial charge is 0.369 e. The monoisotopic (exact) mass is 296 g/mol. The van der Waals surface area contributed by atoms with Gasteiger partial charge in [0.05, 0.1) is 0 Å². The van der Waals surface area contributed by atoms with Crippen molar-refractivity contribution in [1.82, 2.24) is 4.90 Å². The molecule has 1 aliphatic rings. The van der Waals surface area contributed by atoms with Crippen LogP contribution in [0.5, 0.6) is 0 Å². The Morgan fingerprint density at radius 2 is 1.88 bits per heavy atom. The maximum Gasteiger partial charge on any atom is 0.0369 e. The summed E-state index contributed by atoms with van der Waals surface area (Å²) in [6.07, 6.45) is 0. The lowest BCUT2D eigenvalue weighted by atomic mass is 10.1. The lowest BCUT2D eigenvalue weighted by molar-refractivity contribution is 0.271. The van der Waals surface area contributed by atoms with Crippen molar-refractivity contribution in [3.05, 3.63) is 29.3 Å². The Balaban J connectivity index is 2.06. The van der Waals surface area contributed by atoms with E-state index in [2.05, 4.69) is 57.8 Å². The molecule has 0 spiro atoms. The van der Waals surface area contributed by atoms with Crippen LogP contribution in [0, 0.1) is 6.92 Å². The third-order valence-electron chi connectivity index (χ3n) is 3.65. The topological polar surface area (TPSA) is 6.48 Å². The van der Waals surface area contributed by atoms with Crippen molar-refractivity contribution >= 4 is 21.6 Å². The summed E-state index contributed by atoms with van der Waals surface area (Å²) in [6.45, 7) is 10.3. The van der Waals surface area contributed by atoms with Gasteiger partial charge >= 0.3 is 0 Å². The highest BCUT2D eigenvalue weighted by molar-refractivity contribution is 9.08. The van der Waals surface area contributed by atoms with Gasteiger partial charge < -0.3 is 9.80 Å². The first-order chi connectivity index (χ1) is 8.24. The Morgan fingerprint density at radius 3 is 2.41 bits per heavy atom. The molecule has 2 rings (SSSR count). The third kappa shape index (κ3) is 3.02. The van der Waals surface area contributed by atoms with Crippen molar-refractivity contribution in [1.29, 1.82) is 0 Å². The fourth-order valence-electron chi connectivity index (χ4n) is 2.35. The number of piperazine rings is 1. The molecule has 0 aliphatic carbocycles. The molecule has 0 atom stereocenters. The molecule has 0 unspecified atom stereocenters. The van der Waals surface area contributed by atoms with Crippen molar-refractivity contribution in [2.24, 2.45) is 0 Å². The zero-order valence-electron chi connectivity index (χ0n) is 10.7. The molecule has 0 aromatic heterocycles. The molecule has 1 aromatic carbocycles. The first kappa shape index (κ1) is 12.9. The molecule has 0 radical (unpaired) electrons. The molecule has 2 nitrogen and oxygen atoms in total. The van der Waals surface area contributed by atoms with E-state index in [0.717, 1.165) is 18.4 Å². The Labute approximate surface area is 113 Å². The standard InChI is InChI=1S/C14H21BrN2/c1-3-16-6-8-17(9-7-16)14-5-4-13(11-15)12(2)10-14/h4-5,10H,3,6-9,11H2,1-2H3. The highest BCUT2D eigenvalue weighted by atomic mass is 79.9. The van der Waals surface area contributed by atoms with Crippen LogP contribution in [0.1, 0.15) is 18.1 Å². The normalized spacial score (nSPS) is 17.5. The number of halogens is 1. The number of anilines is 1. The second kappa shape index (κ2) is 5.87. The molecular weight excluding hydrogens is 276 g/mol. The summed E-state index contributed by atoms with van der Waals surface area (Å²) in [5.41, 5.74) is 4.15. The zero-order valence-corrected chi connectivity index (χ0v) is 12.3. The minimum atomic E-state index is 0.947. The first-order valence-corrected chi connectivity index (χ1v) is 7.49. The average molecular weight is 297 g/mol. The van der Waals surface area contributed by atoms with Gasteiger partial charge in [-0.1, -0.05) is 28.9 Å². The van der Waals surface area contributed by atoms with E-state index in [4.69, 9.17) is 0 Å². The van der Waals surface area contributed by atoms with Gasteiger partial charge in [0.25, 0.3) is 0 Å². The number of likely N-dealkylation sites (N-methyl/N-ethyl adjacent to an activating group) is 1. The van der Waals surface area contributed by atoms with Crippen molar-refractivity contribution in [3.63, 3.8) is 0 Å². The predicted molar refractivity (Wildman–Crippen MR) is 78.1 cm³/mol. The number of hydrogen-bond acceptors (Lipinski definition) is 2. The van der Waals surface area contributed by atoms with Gasteiger partial charge in [-0.15, -0.1) is 0 Å². The molecule has 1 fully saturated rings. The number of rotatable bonds is 3. The van der Waals surface area contributed by atoms with Crippen molar-refractivity contribution in [2.75, 3.05) is 37.6 Å². The van der Waals surface area contributed by atoms with Crippen LogP contribution in [-0.2, 0) is 5.33 Å². The number of aryl methyl sites for hydroxylation is 1. The van der Waals surface area contributed by atoms with Gasteiger partial charge in [0, 0.05) is 37.2 Å². The van der Waals surface area contributed by atoms with Crippen LogP contribution in [0.3, 0.4) is 0 Å². The molecule has 1 heterocycles. The number of benzene rings is 1. The highest BCUT2D eigenvalue weighted by Gasteiger charge is 2.15. The van der Waals surface area contributed by atoms with Gasteiger partial charge in [-0.2, -0.15) is 0 Å². The molecule has 0 amide bonds. The summed E-state index contributed by atoms with van der Waals surface area (Å²) in [7, 11) is 0.